The lowest BCUT2D eigenvalue weighted by molar-refractivity contribution is -0.136. The van der Waals surface area contributed by atoms with Gasteiger partial charge in [0.1, 0.15) is 0 Å². The summed E-state index contributed by atoms with van der Waals surface area (Å²) < 4.78 is 39.3. The van der Waals surface area contributed by atoms with Gasteiger partial charge < -0.3 is 10.2 Å². The van der Waals surface area contributed by atoms with E-state index in [1.165, 1.54) is 11.0 Å². The molecule has 0 spiro atoms. The van der Waals surface area contributed by atoms with Gasteiger partial charge in [-0.3, -0.25) is 0 Å². The summed E-state index contributed by atoms with van der Waals surface area (Å²) in [6, 6.07) is 11.9. The summed E-state index contributed by atoms with van der Waals surface area (Å²) in [6.45, 7) is 2.42. The molecule has 0 saturated carbocycles. The average molecular weight is 357 g/mol. The number of halogens is 4. The summed E-state index contributed by atoms with van der Waals surface area (Å²) in [7, 11) is 0. The molecule has 0 unspecified atom stereocenters. The fourth-order valence-corrected chi connectivity index (χ4v) is 2.36. The van der Waals surface area contributed by atoms with Crippen molar-refractivity contribution < 1.29 is 18.0 Å². The summed E-state index contributed by atoms with van der Waals surface area (Å²) in [4.78, 5) is 13.7. The van der Waals surface area contributed by atoms with E-state index in [0.717, 1.165) is 17.7 Å². The number of carbonyl (C=O) groups excluding carboxylic acids is 1. The van der Waals surface area contributed by atoms with Crippen LogP contribution in [0.3, 0.4) is 0 Å². The van der Waals surface area contributed by atoms with Crippen LogP contribution in [0.15, 0.2) is 48.5 Å². The van der Waals surface area contributed by atoms with E-state index in [1.807, 2.05) is 30.3 Å². The first-order chi connectivity index (χ1) is 11.3. The fraction of sp³-hybridized carbons (Fsp3) is 0.235. The predicted molar refractivity (Wildman–Crippen MR) is 88.0 cm³/mol. The van der Waals surface area contributed by atoms with Crippen molar-refractivity contribution in [2.75, 3.05) is 11.9 Å². The number of nitrogens with one attached hydrogen (secondary N) is 1. The van der Waals surface area contributed by atoms with Crippen LogP contribution in [0.1, 0.15) is 18.1 Å². The zero-order valence-corrected chi connectivity index (χ0v) is 13.7. The summed E-state index contributed by atoms with van der Waals surface area (Å²) in [5.74, 6) is 0. The van der Waals surface area contributed by atoms with Gasteiger partial charge in [0.25, 0.3) is 0 Å². The van der Waals surface area contributed by atoms with Gasteiger partial charge >= 0.3 is 12.2 Å². The average Bonchev–Trinajstić information content (AvgIpc) is 2.54. The van der Waals surface area contributed by atoms with Gasteiger partial charge in [0.15, 0.2) is 0 Å². The number of alkyl halides is 3. The number of anilines is 1. The zero-order chi connectivity index (χ0) is 17.7. The normalized spacial score (nSPS) is 11.2. The Bertz CT molecular complexity index is 705. The van der Waals surface area contributed by atoms with Crippen molar-refractivity contribution in [2.24, 2.45) is 0 Å². The van der Waals surface area contributed by atoms with Gasteiger partial charge in [-0.2, -0.15) is 13.2 Å². The Morgan fingerprint density at radius 1 is 1.17 bits per heavy atom. The maximum Gasteiger partial charge on any atom is 0.418 e. The Morgan fingerprint density at radius 2 is 1.83 bits per heavy atom. The van der Waals surface area contributed by atoms with Gasteiger partial charge in [-0.05, 0) is 30.7 Å². The lowest BCUT2D eigenvalue weighted by Gasteiger charge is -2.23. The van der Waals surface area contributed by atoms with Crippen LogP contribution >= 0.6 is 11.6 Å². The second kappa shape index (κ2) is 7.57. The van der Waals surface area contributed by atoms with Crippen molar-refractivity contribution in [3.8, 4) is 0 Å². The van der Waals surface area contributed by atoms with Crippen molar-refractivity contribution in [1.82, 2.24) is 4.90 Å². The van der Waals surface area contributed by atoms with Crippen LogP contribution in [0, 0.1) is 0 Å². The van der Waals surface area contributed by atoms with Crippen LogP contribution in [-0.2, 0) is 12.7 Å². The minimum Gasteiger partial charge on any atom is -0.320 e. The van der Waals surface area contributed by atoms with Gasteiger partial charge in [-0.1, -0.05) is 41.9 Å². The third-order valence-corrected chi connectivity index (χ3v) is 3.65. The highest BCUT2D eigenvalue weighted by Crippen LogP contribution is 2.36. The Morgan fingerprint density at radius 3 is 2.42 bits per heavy atom. The maximum atomic E-state index is 13.1. The van der Waals surface area contributed by atoms with Gasteiger partial charge in [0, 0.05) is 18.1 Å². The fourth-order valence-electron chi connectivity index (χ4n) is 2.19. The first-order valence-electron chi connectivity index (χ1n) is 7.28. The van der Waals surface area contributed by atoms with Gasteiger partial charge in [-0.25, -0.2) is 4.79 Å². The second-order valence-electron chi connectivity index (χ2n) is 5.12. The molecule has 128 valence electrons. The van der Waals surface area contributed by atoms with E-state index in [-0.39, 0.29) is 10.7 Å². The number of carbonyl (C=O) groups is 1. The van der Waals surface area contributed by atoms with E-state index < -0.39 is 17.8 Å². The molecule has 0 atom stereocenters. The zero-order valence-electron chi connectivity index (χ0n) is 12.9. The minimum atomic E-state index is -4.61. The molecule has 0 fully saturated rings. The molecule has 2 aromatic rings. The first kappa shape index (κ1) is 18.1. The molecule has 2 aromatic carbocycles. The molecule has 2 amide bonds. The van der Waals surface area contributed by atoms with Crippen molar-refractivity contribution in [3.63, 3.8) is 0 Å². The van der Waals surface area contributed by atoms with Crippen molar-refractivity contribution in [3.05, 3.63) is 64.7 Å². The van der Waals surface area contributed by atoms with Crippen LogP contribution < -0.4 is 5.32 Å². The molecule has 1 N–H and O–H groups in total. The number of urea groups is 1. The Hall–Kier alpha value is -2.21. The molecule has 0 saturated heterocycles. The largest absolute Gasteiger partial charge is 0.418 e. The van der Waals surface area contributed by atoms with E-state index in [9.17, 15) is 18.0 Å². The smallest absolute Gasteiger partial charge is 0.320 e. The summed E-state index contributed by atoms with van der Waals surface area (Å²) >= 11 is 5.63. The third-order valence-electron chi connectivity index (χ3n) is 3.41. The van der Waals surface area contributed by atoms with Crippen LogP contribution in [0.25, 0.3) is 0 Å². The molecule has 24 heavy (non-hydrogen) atoms. The van der Waals surface area contributed by atoms with E-state index in [4.69, 9.17) is 11.6 Å². The van der Waals surface area contributed by atoms with Crippen molar-refractivity contribution in [2.45, 2.75) is 19.6 Å². The van der Waals surface area contributed by atoms with Crippen LogP contribution in [0.4, 0.5) is 23.7 Å². The molecule has 0 radical (unpaired) electrons. The number of amides is 2. The molecule has 0 aliphatic heterocycles. The molecule has 0 bridgehead atoms. The molecule has 7 heteroatoms. The van der Waals surface area contributed by atoms with Crippen LogP contribution in [0.2, 0.25) is 5.02 Å². The summed E-state index contributed by atoms with van der Waals surface area (Å²) in [5.41, 5.74) is -0.399. The predicted octanol–water partition coefficient (Wildman–Crippen LogP) is 5.41. The highest BCUT2D eigenvalue weighted by Gasteiger charge is 2.34. The lowest BCUT2D eigenvalue weighted by Crippen LogP contribution is -2.34. The molecule has 0 aliphatic carbocycles. The summed E-state index contributed by atoms with van der Waals surface area (Å²) in [6.07, 6.45) is -4.61. The Labute approximate surface area is 143 Å². The van der Waals surface area contributed by atoms with Gasteiger partial charge in [-0.15, -0.1) is 0 Å². The highest BCUT2D eigenvalue weighted by molar-refractivity contribution is 6.30. The van der Waals surface area contributed by atoms with E-state index in [0.29, 0.717) is 13.1 Å². The topological polar surface area (TPSA) is 32.3 Å². The molecular weight excluding hydrogens is 341 g/mol. The maximum absolute atomic E-state index is 13.1. The number of benzene rings is 2. The molecule has 0 aromatic heterocycles. The number of rotatable bonds is 4. The van der Waals surface area contributed by atoms with E-state index >= 15 is 0 Å². The standard InChI is InChI=1S/C17H16ClF3N2O/c1-2-23(11-12-6-4-3-5-7-12)16(24)22-15-9-8-13(18)10-14(15)17(19,20)21/h3-10H,2,11H2,1H3,(H,22,24). The Kier molecular flexibility index (Phi) is 5.72. The number of nitrogens with zero attached hydrogens (tertiary/aromatic N) is 1. The van der Waals surface area contributed by atoms with Gasteiger partial charge in [0.05, 0.1) is 11.3 Å². The molecular formula is C17H16ClF3N2O. The highest BCUT2D eigenvalue weighted by atomic mass is 35.5. The van der Waals surface area contributed by atoms with E-state index in [2.05, 4.69) is 5.32 Å². The SMILES string of the molecule is CCN(Cc1ccccc1)C(=O)Nc1ccc(Cl)cc1C(F)(F)F. The third kappa shape index (κ3) is 4.64. The number of hydrogen-bond donors (Lipinski definition) is 1. The minimum absolute atomic E-state index is 0.0445. The van der Waals surface area contributed by atoms with Gasteiger partial charge in [0.2, 0.25) is 0 Å². The molecule has 2 rings (SSSR count). The first-order valence-corrected chi connectivity index (χ1v) is 7.65. The quantitative estimate of drug-likeness (QED) is 0.780. The van der Waals surface area contributed by atoms with Crippen molar-refractivity contribution in [1.29, 1.82) is 0 Å². The number of hydrogen-bond acceptors (Lipinski definition) is 1. The lowest BCUT2D eigenvalue weighted by atomic mass is 10.1. The monoisotopic (exact) mass is 356 g/mol. The molecule has 3 nitrogen and oxygen atoms in total. The second-order valence-corrected chi connectivity index (χ2v) is 5.55. The van der Waals surface area contributed by atoms with E-state index in [1.54, 1.807) is 6.92 Å². The van der Waals surface area contributed by atoms with Crippen LogP contribution in [-0.4, -0.2) is 17.5 Å². The molecule has 0 heterocycles. The molecule has 0 aliphatic rings. The summed E-state index contributed by atoms with van der Waals surface area (Å²) in [5, 5.41) is 2.28. The van der Waals surface area contributed by atoms with Crippen molar-refractivity contribution >= 4 is 23.3 Å². The Balaban J connectivity index is 2.19. The van der Waals surface area contributed by atoms with Crippen LogP contribution in [0.5, 0.6) is 0 Å².